The molecule has 0 aliphatic rings. The van der Waals surface area contributed by atoms with E-state index in [1.54, 1.807) is 11.3 Å². The summed E-state index contributed by atoms with van der Waals surface area (Å²) in [7, 11) is 0. The lowest BCUT2D eigenvalue weighted by Crippen LogP contribution is -2.38. The van der Waals surface area contributed by atoms with Crippen molar-refractivity contribution in [1.82, 2.24) is 5.43 Å². The van der Waals surface area contributed by atoms with E-state index >= 15 is 0 Å². The highest BCUT2D eigenvalue weighted by Crippen LogP contribution is 2.15. The van der Waals surface area contributed by atoms with Crippen LogP contribution in [-0.4, -0.2) is 6.04 Å². The minimum absolute atomic E-state index is 0.296. The lowest BCUT2D eigenvalue weighted by atomic mass is 9.99. The number of benzene rings is 1. The van der Waals surface area contributed by atoms with Gasteiger partial charge in [-0.2, -0.15) is 0 Å². The van der Waals surface area contributed by atoms with Crippen molar-refractivity contribution in [2.45, 2.75) is 32.7 Å². The molecule has 2 nitrogen and oxygen atoms in total. The number of hydrogen-bond acceptors (Lipinski definition) is 3. The minimum atomic E-state index is 0.296. The molecule has 0 amide bonds. The first kappa shape index (κ1) is 13.3. The van der Waals surface area contributed by atoms with Gasteiger partial charge in [-0.3, -0.25) is 11.3 Å². The maximum Gasteiger partial charge on any atom is 0.0299 e. The molecular formula is C15H20N2S. The van der Waals surface area contributed by atoms with Gasteiger partial charge in [-0.05, 0) is 43.7 Å². The molecule has 1 aromatic carbocycles. The van der Waals surface area contributed by atoms with Crippen molar-refractivity contribution in [3.05, 3.63) is 57.3 Å². The number of nitrogens with two attached hydrogens (primary N) is 1. The van der Waals surface area contributed by atoms with Gasteiger partial charge in [0.05, 0.1) is 0 Å². The number of aryl methyl sites for hydroxylation is 2. The van der Waals surface area contributed by atoms with Gasteiger partial charge in [-0.25, -0.2) is 0 Å². The Kier molecular flexibility index (Phi) is 4.53. The summed E-state index contributed by atoms with van der Waals surface area (Å²) in [5.41, 5.74) is 6.92. The standard InChI is InChI=1S/C15H20N2S/c1-11-6-12(2)8-13(7-11)9-14(17-16)10-15-4-3-5-18-15/h3-8,14,17H,9-10,16H2,1-2H3. The molecule has 0 spiro atoms. The zero-order chi connectivity index (χ0) is 13.0. The molecule has 0 aliphatic carbocycles. The van der Waals surface area contributed by atoms with E-state index in [-0.39, 0.29) is 0 Å². The van der Waals surface area contributed by atoms with Crippen LogP contribution in [0.3, 0.4) is 0 Å². The molecule has 96 valence electrons. The Hall–Kier alpha value is -1.16. The monoisotopic (exact) mass is 260 g/mol. The van der Waals surface area contributed by atoms with Crippen LogP contribution in [0, 0.1) is 13.8 Å². The number of nitrogens with one attached hydrogen (secondary N) is 1. The van der Waals surface area contributed by atoms with E-state index in [1.807, 2.05) is 0 Å². The Bertz CT molecular complexity index is 471. The second kappa shape index (κ2) is 6.14. The predicted octanol–water partition coefficient (Wildman–Crippen LogP) is 2.98. The molecule has 0 fully saturated rings. The predicted molar refractivity (Wildman–Crippen MR) is 78.8 cm³/mol. The second-order valence-electron chi connectivity index (χ2n) is 4.85. The van der Waals surface area contributed by atoms with E-state index in [1.165, 1.54) is 21.6 Å². The fourth-order valence-electron chi connectivity index (χ4n) is 2.33. The van der Waals surface area contributed by atoms with Gasteiger partial charge in [0.1, 0.15) is 0 Å². The Balaban J connectivity index is 2.05. The molecule has 0 radical (unpaired) electrons. The molecule has 1 atom stereocenters. The van der Waals surface area contributed by atoms with E-state index in [0.717, 1.165) is 12.8 Å². The molecule has 0 bridgehead atoms. The third-order valence-electron chi connectivity index (χ3n) is 3.03. The van der Waals surface area contributed by atoms with Crippen LogP contribution in [0.2, 0.25) is 0 Å². The molecule has 1 heterocycles. The molecule has 3 heteroatoms. The summed E-state index contributed by atoms with van der Waals surface area (Å²) in [5, 5.41) is 2.11. The summed E-state index contributed by atoms with van der Waals surface area (Å²) >= 11 is 1.79. The maximum atomic E-state index is 5.67. The Morgan fingerprint density at radius 2 is 1.89 bits per heavy atom. The maximum absolute atomic E-state index is 5.67. The van der Waals surface area contributed by atoms with Gasteiger partial charge in [0.2, 0.25) is 0 Å². The highest BCUT2D eigenvalue weighted by Gasteiger charge is 2.10. The van der Waals surface area contributed by atoms with Crippen molar-refractivity contribution in [1.29, 1.82) is 0 Å². The third kappa shape index (κ3) is 3.67. The fraction of sp³-hybridized carbons (Fsp3) is 0.333. The molecule has 3 N–H and O–H groups in total. The van der Waals surface area contributed by atoms with Crippen LogP contribution in [-0.2, 0) is 12.8 Å². The molecule has 18 heavy (non-hydrogen) atoms. The van der Waals surface area contributed by atoms with Gasteiger partial charge in [0.15, 0.2) is 0 Å². The summed E-state index contributed by atoms with van der Waals surface area (Å²) in [6.45, 7) is 4.28. The smallest absolute Gasteiger partial charge is 0.0299 e. The molecule has 1 aromatic heterocycles. The zero-order valence-corrected chi connectivity index (χ0v) is 11.8. The highest BCUT2D eigenvalue weighted by atomic mass is 32.1. The summed E-state index contributed by atoms with van der Waals surface area (Å²) in [5.74, 6) is 5.67. The summed E-state index contributed by atoms with van der Waals surface area (Å²) < 4.78 is 0. The van der Waals surface area contributed by atoms with Crippen molar-refractivity contribution in [3.63, 3.8) is 0 Å². The normalized spacial score (nSPS) is 12.6. The van der Waals surface area contributed by atoms with Gasteiger partial charge >= 0.3 is 0 Å². The third-order valence-corrected chi connectivity index (χ3v) is 3.93. The zero-order valence-electron chi connectivity index (χ0n) is 10.9. The van der Waals surface area contributed by atoms with E-state index < -0.39 is 0 Å². The highest BCUT2D eigenvalue weighted by molar-refractivity contribution is 7.09. The molecular weight excluding hydrogens is 240 g/mol. The number of hydrazine groups is 1. The van der Waals surface area contributed by atoms with E-state index in [0.29, 0.717) is 6.04 Å². The number of thiophene rings is 1. The molecule has 1 unspecified atom stereocenters. The first-order chi connectivity index (χ1) is 8.67. The number of rotatable bonds is 5. The molecule has 2 aromatic rings. The lowest BCUT2D eigenvalue weighted by molar-refractivity contribution is 0.525. The van der Waals surface area contributed by atoms with Gasteiger partial charge in [0, 0.05) is 10.9 Å². The molecule has 0 saturated heterocycles. The van der Waals surface area contributed by atoms with Crippen molar-refractivity contribution in [2.24, 2.45) is 5.84 Å². The first-order valence-electron chi connectivity index (χ1n) is 6.23. The van der Waals surface area contributed by atoms with Gasteiger partial charge in [-0.15, -0.1) is 11.3 Å². The summed E-state index contributed by atoms with van der Waals surface area (Å²) in [6, 6.07) is 11.2. The number of hydrogen-bond donors (Lipinski definition) is 2. The van der Waals surface area contributed by atoms with Gasteiger partial charge < -0.3 is 0 Å². The molecule has 0 aliphatic heterocycles. The van der Waals surface area contributed by atoms with E-state index in [4.69, 9.17) is 5.84 Å². The Morgan fingerprint density at radius 3 is 2.44 bits per heavy atom. The van der Waals surface area contributed by atoms with Crippen LogP contribution in [0.4, 0.5) is 0 Å². The first-order valence-corrected chi connectivity index (χ1v) is 7.11. The second-order valence-corrected chi connectivity index (χ2v) is 5.88. The van der Waals surface area contributed by atoms with Crippen molar-refractivity contribution >= 4 is 11.3 Å². The lowest BCUT2D eigenvalue weighted by Gasteiger charge is -2.16. The SMILES string of the molecule is Cc1cc(C)cc(CC(Cc2cccs2)NN)c1. The minimum Gasteiger partial charge on any atom is -0.271 e. The van der Waals surface area contributed by atoms with Crippen LogP contribution in [0.5, 0.6) is 0 Å². The van der Waals surface area contributed by atoms with E-state index in [2.05, 4.69) is 55.0 Å². The van der Waals surface area contributed by atoms with Crippen molar-refractivity contribution < 1.29 is 0 Å². The van der Waals surface area contributed by atoms with Crippen molar-refractivity contribution in [2.75, 3.05) is 0 Å². The van der Waals surface area contributed by atoms with Gasteiger partial charge in [-0.1, -0.05) is 35.4 Å². The summed E-state index contributed by atoms with van der Waals surface area (Å²) in [6.07, 6.45) is 1.96. The van der Waals surface area contributed by atoms with Crippen LogP contribution < -0.4 is 11.3 Å². The average Bonchev–Trinajstić information content (AvgIpc) is 2.79. The van der Waals surface area contributed by atoms with Gasteiger partial charge in [0.25, 0.3) is 0 Å². The topological polar surface area (TPSA) is 38.0 Å². The quantitative estimate of drug-likeness (QED) is 0.640. The van der Waals surface area contributed by atoms with E-state index in [9.17, 15) is 0 Å². The fourth-order valence-corrected chi connectivity index (χ4v) is 3.12. The Morgan fingerprint density at radius 1 is 1.17 bits per heavy atom. The molecule has 0 saturated carbocycles. The molecule has 2 rings (SSSR count). The van der Waals surface area contributed by atoms with Crippen molar-refractivity contribution in [3.8, 4) is 0 Å². The van der Waals surface area contributed by atoms with Crippen LogP contribution in [0.25, 0.3) is 0 Å². The van der Waals surface area contributed by atoms with Crippen LogP contribution in [0.15, 0.2) is 35.7 Å². The van der Waals surface area contributed by atoms with Crippen LogP contribution >= 0.6 is 11.3 Å². The average molecular weight is 260 g/mol. The largest absolute Gasteiger partial charge is 0.271 e. The van der Waals surface area contributed by atoms with Crippen LogP contribution in [0.1, 0.15) is 21.6 Å². The Labute approximate surface area is 113 Å². The summed E-state index contributed by atoms with van der Waals surface area (Å²) in [4.78, 5) is 1.38.